The normalized spacial score (nSPS) is 10.6. The Morgan fingerprint density at radius 2 is 1.90 bits per heavy atom. The van der Waals surface area contributed by atoms with Crippen LogP contribution in [0, 0.1) is 6.92 Å². The van der Waals surface area contributed by atoms with Gasteiger partial charge in [0.2, 0.25) is 0 Å². The van der Waals surface area contributed by atoms with E-state index in [1.165, 1.54) is 0 Å². The van der Waals surface area contributed by atoms with Gasteiger partial charge in [0.1, 0.15) is 17.4 Å². The zero-order valence-electron chi connectivity index (χ0n) is 16.3. The number of benzene rings is 2. The van der Waals surface area contributed by atoms with E-state index in [4.69, 9.17) is 4.74 Å². The van der Waals surface area contributed by atoms with Crippen molar-refractivity contribution in [2.45, 2.75) is 26.7 Å². The first kappa shape index (κ1) is 20.8. The fourth-order valence-corrected chi connectivity index (χ4v) is 3.18. The van der Waals surface area contributed by atoms with Gasteiger partial charge in [-0.15, -0.1) is 0 Å². The lowest BCUT2D eigenvalue weighted by Gasteiger charge is -2.10. The number of Topliss-reactive ketones (excluding diaryl/α,β-unsaturated/α-hetero) is 1. The second-order valence-corrected chi connectivity index (χ2v) is 7.66. The van der Waals surface area contributed by atoms with E-state index >= 15 is 0 Å². The van der Waals surface area contributed by atoms with Gasteiger partial charge < -0.3 is 14.8 Å². The zero-order valence-corrected chi connectivity index (χ0v) is 17.9. The summed E-state index contributed by atoms with van der Waals surface area (Å²) in [5, 5.41) is 7.30. The Morgan fingerprint density at radius 1 is 1.14 bits per heavy atom. The van der Waals surface area contributed by atoms with Crippen molar-refractivity contribution in [2.75, 3.05) is 11.9 Å². The minimum absolute atomic E-state index is 0.116. The second-order valence-electron chi connectivity index (χ2n) is 6.75. The van der Waals surface area contributed by atoms with Gasteiger partial charge in [-0.05, 0) is 56.2 Å². The molecule has 1 N–H and O–H groups in total. The van der Waals surface area contributed by atoms with Crippen LogP contribution in [-0.2, 0) is 16.0 Å². The van der Waals surface area contributed by atoms with E-state index < -0.39 is 0 Å². The van der Waals surface area contributed by atoms with Gasteiger partial charge in [-0.2, -0.15) is 5.10 Å². The number of carbonyl (C=O) groups is 2. The molecule has 7 heteroatoms. The first-order chi connectivity index (χ1) is 13.9. The van der Waals surface area contributed by atoms with Gasteiger partial charge in [0.25, 0.3) is 5.91 Å². The van der Waals surface area contributed by atoms with E-state index in [1.54, 1.807) is 23.7 Å². The molecule has 0 spiro atoms. The number of hydrogen-bond donors (Lipinski definition) is 1. The van der Waals surface area contributed by atoms with Gasteiger partial charge >= 0.3 is 0 Å². The lowest BCUT2D eigenvalue weighted by molar-refractivity contribution is -0.118. The summed E-state index contributed by atoms with van der Waals surface area (Å²) in [5.74, 6) is 1.07. The van der Waals surface area contributed by atoms with Gasteiger partial charge in [-0.3, -0.25) is 4.79 Å². The number of aryl methyl sites for hydroxylation is 2. The van der Waals surface area contributed by atoms with Crippen molar-refractivity contribution in [1.29, 1.82) is 0 Å². The van der Waals surface area contributed by atoms with E-state index in [0.29, 0.717) is 24.4 Å². The molecule has 2 aromatic carbocycles. The molecule has 0 radical (unpaired) electrons. The summed E-state index contributed by atoms with van der Waals surface area (Å²) < 4.78 is 8.18. The predicted octanol–water partition coefficient (Wildman–Crippen LogP) is 4.48. The number of aromatic nitrogens is 2. The number of halogens is 1. The number of ketones is 1. The van der Waals surface area contributed by atoms with Gasteiger partial charge in [0.15, 0.2) is 6.61 Å². The highest BCUT2D eigenvalue weighted by Crippen LogP contribution is 2.20. The van der Waals surface area contributed by atoms with E-state index in [0.717, 1.165) is 21.4 Å². The average Bonchev–Trinajstić information content (AvgIpc) is 3.05. The summed E-state index contributed by atoms with van der Waals surface area (Å²) in [6.07, 6.45) is 1.22. The Labute approximate surface area is 178 Å². The number of anilines is 1. The highest BCUT2D eigenvalue weighted by molar-refractivity contribution is 9.10. The second kappa shape index (κ2) is 9.52. The number of amides is 1. The van der Waals surface area contributed by atoms with Crippen LogP contribution in [0.4, 0.5) is 5.82 Å². The highest BCUT2D eigenvalue weighted by atomic mass is 79.9. The van der Waals surface area contributed by atoms with Gasteiger partial charge in [-0.1, -0.05) is 34.1 Å². The fraction of sp³-hybridized carbons (Fsp3) is 0.227. The standard InChI is InChI=1S/C22H22BrN3O3/c1-15-12-21(26(25-15)19-5-3-4-18(23)13-19)24-22(28)14-29-20-10-8-17(9-11-20)7-6-16(2)27/h3-5,8-13H,6-7,14H2,1-2H3,(H,24,28). The fourth-order valence-electron chi connectivity index (χ4n) is 2.79. The van der Waals surface area contributed by atoms with Crippen molar-refractivity contribution < 1.29 is 14.3 Å². The predicted molar refractivity (Wildman–Crippen MR) is 116 cm³/mol. The van der Waals surface area contributed by atoms with E-state index in [2.05, 4.69) is 26.3 Å². The summed E-state index contributed by atoms with van der Waals surface area (Å²) in [7, 11) is 0. The molecule has 6 nitrogen and oxygen atoms in total. The molecule has 0 atom stereocenters. The van der Waals surface area contributed by atoms with Crippen molar-refractivity contribution >= 4 is 33.4 Å². The zero-order chi connectivity index (χ0) is 20.8. The van der Waals surface area contributed by atoms with Crippen LogP contribution in [-0.4, -0.2) is 28.1 Å². The highest BCUT2D eigenvalue weighted by Gasteiger charge is 2.12. The van der Waals surface area contributed by atoms with Crippen LogP contribution >= 0.6 is 15.9 Å². The monoisotopic (exact) mass is 455 g/mol. The molecule has 0 saturated carbocycles. The molecule has 0 aliphatic heterocycles. The first-order valence-corrected chi connectivity index (χ1v) is 10.0. The summed E-state index contributed by atoms with van der Waals surface area (Å²) in [4.78, 5) is 23.4. The molecule has 0 unspecified atom stereocenters. The summed E-state index contributed by atoms with van der Waals surface area (Å²) in [6, 6.07) is 16.9. The molecule has 0 aliphatic carbocycles. The smallest absolute Gasteiger partial charge is 0.263 e. The minimum atomic E-state index is -0.276. The topological polar surface area (TPSA) is 73.2 Å². The van der Waals surface area contributed by atoms with Gasteiger partial charge in [-0.25, -0.2) is 4.68 Å². The Balaban J connectivity index is 1.59. The molecule has 1 amide bonds. The Hall–Kier alpha value is -2.93. The number of carbonyl (C=O) groups excluding carboxylic acids is 2. The lowest BCUT2D eigenvalue weighted by Crippen LogP contribution is -2.21. The number of hydrogen-bond acceptors (Lipinski definition) is 4. The van der Waals surface area contributed by atoms with E-state index in [9.17, 15) is 9.59 Å². The summed E-state index contributed by atoms with van der Waals surface area (Å²) in [6.45, 7) is 3.34. The third-order valence-electron chi connectivity index (χ3n) is 4.21. The van der Waals surface area contributed by atoms with Gasteiger partial charge in [0.05, 0.1) is 11.4 Å². The molecule has 1 heterocycles. The molecule has 3 rings (SSSR count). The maximum atomic E-state index is 12.4. The van der Waals surface area contributed by atoms with E-state index in [-0.39, 0.29) is 18.3 Å². The quantitative estimate of drug-likeness (QED) is 0.543. The van der Waals surface area contributed by atoms with Crippen LogP contribution < -0.4 is 10.1 Å². The van der Waals surface area contributed by atoms with Crippen LogP contribution in [0.2, 0.25) is 0 Å². The molecule has 0 saturated heterocycles. The molecule has 0 bridgehead atoms. The number of ether oxygens (including phenoxy) is 1. The molecular weight excluding hydrogens is 434 g/mol. The van der Waals surface area contributed by atoms with Crippen molar-refractivity contribution in [3.63, 3.8) is 0 Å². The third kappa shape index (κ3) is 6.02. The Bertz CT molecular complexity index is 1010. The minimum Gasteiger partial charge on any atom is -0.484 e. The van der Waals surface area contributed by atoms with Crippen LogP contribution in [0.1, 0.15) is 24.6 Å². The van der Waals surface area contributed by atoms with Crippen LogP contribution in [0.25, 0.3) is 5.69 Å². The molecular formula is C22H22BrN3O3. The molecule has 150 valence electrons. The van der Waals surface area contributed by atoms with Crippen molar-refractivity contribution in [1.82, 2.24) is 9.78 Å². The molecule has 0 aliphatic rings. The SMILES string of the molecule is CC(=O)CCc1ccc(OCC(=O)Nc2cc(C)nn2-c2cccc(Br)c2)cc1. The van der Waals surface area contributed by atoms with Crippen LogP contribution in [0.3, 0.4) is 0 Å². The van der Waals surface area contributed by atoms with Crippen molar-refractivity contribution in [3.05, 3.63) is 70.3 Å². The number of rotatable bonds is 8. The Kier molecular flexibility index (Phi) is 6.82. The summed E-state index contributed by atoms with van der Waals surface area (Å²) >= 11 is 3.45. The first-order valence-electron chi connectivity index (χ1n) is 9.24. The number of nitrogens with zero attached hydrogens (tertiary/aromatic N) is 2. The molecule has 0 fully saturated rings. The largest absolute Gasteiger partial charge is 0.484 e. The van der Waals surface area contributed by atoms with Crippen molar-refractivity contribution in [3.8, 4) is 11.4 Å². The molecule has 1 aromatic heterocycles. The lowest BCUT2D eigenvalue weighted by atomic mass is 10.1. The van der Waals surface area contributed by atoms with Gasteiger partial charge in [0, 0.05) is 17.0 Å². The third-order valence-corrected chi connectivity index (χ3v) is 4.70. The van der Waals surface area contributed by atoms with Crippen LogP contribution in [0.15, 0.2) is 59.1 Å². The molecule has 3 aromatic rings. The van der Waals surface area contributed by atoms with Crippen LogP contribution in [0.5, 0.6) is 5.75 Å². The van der Waals surface area contributed by atoms with Crippen molar-refractivity contribution in [2.24, 2.45) is 0 Å². The maximum Gasteiger partial charge on any atom is 0.263 e. The average molecular weight is 456 g/mol. The maximum absolute atomic E-state index is 12.4. The Morgan fingerprint density at radius 3 is 2.59 bits per heavy atom. The molecule has 29 heavy (non-hydrogen) atoms. The summed E-state index contributed by atoms with van der Waals surface area (Å²) in [5.41, 5.74) is 2.69. The number of nitrogens with one attached hydrogen (secondary N) is 1. The van der Waals surface area contributed by atoms with E-state index in [1.807, 2.05) is 49.4 Å².